The van der Waals surface area contributed by atoms with Crippen LogP contribution in [0.5, 0.6) is 0 Å². The summed E-state index contributed by atoms with van der Waals surface area (Å²) in [5, 5.41) is 5.03. The molecule has 2 aliphatic rings. The first-order chi connectivity index (χ1) is 12.6. The average Bonchev–Trinajstić information content (AvgIpc) is 2.95. The molecule has 1 saturated carbocycles. The third kappa shape index (κ3) is 3.27. The van der Waals surface area contributed by atoms with E-state index in [4.69, 9.17) is 11.6 Å². The summed E-state index contributed by atoms with van der Waals surface area (Å²) in [5.74, 6) is 0.739. The highest BCUT2D eigenvalue weighted by atomic mass is 35.5. The Balaban J connectivity index is 1.60. The van der Waals surface area contributed by atoms with Crippen molar-refractivity contribution in [3.63, 3.8) is 0 Å². The molecule has 1 amide bonds. The van der Waals surface area contributed by atoms with Crippen molar-refractivity contribution in [2.24, 2.45) is 5.92 Å². The maximum Gasteiger partial charge on any atom is 0.259 e. The van der Waals surface area contributed by atoms with Gasteiger partial charge in [0.05, 0.1) is 17.8 Å². The number of carbonyl (C=O) groups excluding carboxylic acids is 1. The first kappa shape index (κ1) is 17.6. The largest absolute Gasteiger partial charge is 0.335 e. The van der Waals surface area contributed by atoms with Crippen LogP contribution >= 0.6 is 11.6 Å². The fourth-order valence-corrected chi connectivity index (χ4v) is 4.99. The number of benzene rings is 1. The van der Waals surface area contributed by atoms with Crippen molar-refractivity contribution in [2.45, 2.75) is 58.0 Å². The lowest BCUT2D eigenvalue weighted by Gasteiger charge is -2.44. The van der Waals surface area contributed by atoms with Gasteiger partial charge in [-0.25, -0.2) is 4.68 Å². The van der Waals surface area contributed by atoms with Crippen molar-refractivity contribution in [3.8, 4) is 0 Å². The van der Waals surface area contributed by atoms with Crippen LogP contribution < -0.4 is 0 Å². The first-order valence-electron chi connectivity index (χ1n) is 9.73. The van der Waals surface area contributed by atoms with Crippen LogP contribution in [0, 0.1) is 12.8 Å². The van der Waals surface area contributed by atoms with Crippen molar-refractivity contribution in [1.82, 2.24) is 14.7 Å². The molecule has 0 unspecified atom stereocenters. The summed E-state index contributed by atoms with van der Waals surface area (Å²) in [6.07, 6.45) is 7.28. The third-order valence-electron chi connectivity index (χ3n) is 5.96. The Morgan fingerprint density at radius 2 is 1.88 bits per heavy atom. The molecule has 2 heterocycles. The van der Waals surface area contributed by atoms with Crippen LogP contribution in [0.25, 0.3) is 0 Å². The normalized spacial score (nSPS) is 22.9. The van der Waals surface area contributed by atoms with Crippen LogP contribution in [0.3, 0.4) is 0 Å². The van der Waals surface area contributed by atoms with Gasteiger partial charge in [0.25, 0.3) is 5.91 Å². The molecular weight excluding hydrogens is 346 g/mol. The number of halogens is 1. The Morgan fingerprint density at radius 1 is 1.15 bits per heavy atom. The van der Waals surface area contributed by atoms with Crippen molar-refractivity contribution < 1.29 is 4.79 Å². The van der Waals surface area contributed by atoms with E-state index in [-0.39, 0.29) is 5.91 Å². The number of nitrogens with zero attached hydrogens (tertiary/aromatic N) is 3. The van der Waals surface area contributed by atoms with Gasteiger partial charge in [0.15, 0.2) is 0 Å². The Bertz CT molecular complexity index is 784. The van der Waals surface area contributed by atoms with Crippen molar-refractivity contribution >= 4 is 17.5 Å². The van der Waals surface area contributed by atoms with E-state index in [1.807, 2.05) is 37.3 Å². The van der Waals surface area contributed by atoms with Gasteiger partial charge in [0.2, 0.25) is 0 Å². The quantitative estimate of drug-likeness (QED) is 0.785. The zero-order valence-electron chi connectivity index (χ0n) is 15.3. The van der Waals surface area contributed by atoms with E-state index < -0.39 is 0 Å². The standard InChI is InChI=1S/C21H26ClN3O/c1-15-19(20(22)25(23-15)14-16-8-3-2-4-9-16)21(26)24-13-7-11-17-10-5-6-12-18(17)24/h2-4,8-9,17-18H,5-7,10-14H2,1H3/t17-,18+/m0/s1. The number of likely N-dealkylation sites (tertiary alicyclic amines) is 1. The second kappa shape index (κ2) is 7.43. The van der Waals surface area contributed by atoms with Crippen LogP contribution in [-0.2, 0) is 6.54 Å². The molecule has 1 aromatic heterocycles. The molecular formula is C21H26ClN3O. The summed E-state index contributed by atoms with van der Waals surface area (Å²) in [6, 6.07) is 10.5. The van der Waals surface area contributed by atoms with Gasteiger partial charge in [-0.1, -0.05) is 54.8 Å². The Labute approximate surface area is 160 Å². The van der Waals surface area contributed by atoms with E-state index in [9.17, 15) is 4.79 Å². The smallest absolute Gasteiger partial charge is 0.259 e. The number of fused-ring (bicyclic) bond motifs is 1. The lowest BCUT2D eigenvalue weighted by molar-refractivity contribution is 0.0390. The summed E-state index contributed by atoms with van der Waals surface area (Å²) in [6.45, 7) is 3.32. The summed E-state index contributed by atoms with van der Waals surface area (Å²) in [5.41, 5.74) is 2.45. The molecule has 0 radical (unpaired) electrons. The molecule has 1 aromatic carbocycles. The van der Waals surface area contributed by atoms with Crippen LogP contribution in [0.2, 0.25) is 5.15 Å². The van der Waals surface area contributed by atoms with Crippen molar-refractivity contribution in [2.75, 3.05) is 6.54 Å². The number of piperidine rings is 1. The Morgan fingerprint density at radius 3 is 2.69 bits per heavy atom. The molecule has 4 rings (SSSR count). The number of aromatic nitrogens is 2. The molecule has 1 aliphatic heterocycles. The van der Waals surface area contributed by atoms with Gasteiger partial charge < -0.3 is 4.90 Å². The monoisotopic (exact) mass is 371 g/mol. The van der Waals surface area contributed by atoms with E-state index in [2.05, 4.69) is 10.00 Å². The van der Waals surface area contributed by atoms with Gasteiger partial charge in [-0.05, 0) is 44.1 Å². The number of hydrogen-bond donors (Lipinski definition) is 0. The highest BCUT2D eigenvalue weighted by Crippen LogP contribution is 2.37. The zero-order chi connectivity index (χ0) is 18.1. The molecule has 138 valence electrons. The van der Waals surface area contributed by atoms with Gasteiger partial charge in [0.1, 0.15) is 5.15 Å². The van der Waals surface area contributed by atoms with E-state index >= 15 is 0 Å². The summed E-state index contributed by atoms with van der Waals surface area (Å²) >= 11 is 6.62. The van der Waals surface area contributed by atoms with Crippen molar-refractivity contribution in [1.29, 1.82) is 0 Å². The fraction of sp³-hybridized carbons (Fsp3) is 0.524. The molecule has 2 atom stereocenters. The SMILES string of the molecule is Cc1nn(Cc2ccccc2)c(Cl)c1C(=O)N1CCC[C@@H]2CCCC[C@H]21. The Hall–Kier alpha value is -1.81. The predicted octanol–water partition coefficient (Wildman–Crippen LogP) is 4.69. The molecule has 2 aromatic rings. The van der Waals surface area contributed by atoms with Crippen LogP contribution in [0.1, 0.15) is 60.1 Å². The van der Waals surface area contributed by atoms with Gasteiger partial charge in [-0.15, -0.1) is 0 Å². The molecule has 0 N–H and O–H groups in total. The lowest BCUT2D eigenvalue weighted by atomic mass is 9.78. The van der Waals surface area contributed by atoms with Crippen molar-refractivity contribution in [3.05, 3.63) is 52.3 Å². The predicted molar refractivity (Wildman–Crippen MR) is 104 cm³/mol. The van der Waals surface area contributed by atoms with E-state index in [1.165, 1.54) is 25.7 Å². The van der Waals surface area contributed by atoms with Crippen LogP contribution in [0.4, 0.5) is 0 Å². The third-order valence-corrected chi connectivity index (χ3v) is 6.34. The van der Waals surface area contributed by atoms with Crippen LogP contribution in [-0.4, -0.2) is 33.2 Å². The molecule has 0 bridgehead atoms. The van der Waals surface area contributed by atoms with E-state index in [1.54, 1.807) is 4.68 Å². The molecule has 0 spiro atoms. The maximum absolute atomic E-state index is 13.4. The lowest BCUT2D eigenvalue weighted by Crippen LogP contribution is -2.49. The number of aryl methyl sites for hydroxylation is 1. The summed E-state index contributed by atoms with van der Waals surface area (Å²) < 4.78 is 1.75. The average molecular weight is 372 g/mol. The van der Waals surface area contributed by atoms with E-state index in [0.717, 1.165) is 30.6 Å². The number of amides is 1. The number of hydrogen-bond acceptors (Lipinski definition) is 2. The fourth-order valence-electron chi connectivity index (χ4n) is 4.68. The second-order valence-corrected chi connectivity index (χ2v) is 8.01. The zero-order valence-corrected chi connectivity index (χ0v) is 16.1. The summed E-state index contributed by atoms with van der Waals surface area (Å²) in [4.78, 5) is 15.4. The highest BCUT2D eigenvalue weighted by molar-refractivity contribution is 6.33. The minimum atomic E-state index is 0.0726. The minimum Gasteiger partial charge on any atom is -0.335 e. The van der Waals surface area contributed by atoms with Crippen LogP contribution in [0.15, 0.2) is 30.3 Å². The van der Waals surface area contributed by atoms with E-state index in [0.29, 0.717) is 29.2 Å². The molecule has 4 nitrogen and oxygen atoms in total. The molecule has 2 fully saturated rings. The molecule has 5 heteroatoms. The van der Waals surface area contributed by atoms with Gasteiger partial charge in [0, 0.05) is 12.6 Å². The first-order valence-corrected chi connectivity index (χ1v) is 10.1. The topological polar surface area (TPSA) is 38.1 Å². The summed E-state index contributed by atoms with van der Waals surface area (Å²) in [7, 11) is 0. The molecule has 26 heavy (non-hydrogen) atoms. The van der Waals surface area contributed by atoms with Gasteiger partial charge in [-0.3, -0.25) is 4.79 Å². The minimum absolute atomic E-state index is 0.0726. The molecule has 1 aliphatic carbocycles. The maximum atomic E-state index is 13.4. The molecule has 1 saturated heterocycles. The second-order valence-electron chi connectivity index (χ2n) is 7.65. The van der Waals surface area contributed by atoms with Gasteiger partial charge in [-0.2, -0.15) is 5.10 Å². The number of carbonyl (C=O) groups is 1. The highest BCUT2D eigenvalue weighted by Gasteiger charge is 2.37. The Kier molecular flexibility index (Phi) is 5.03. The van der Waals surface area contributed by atoms with Gasteiger partial charge >= 0.3 is 0 Å². The number of rotatable bonds is 3.